The highest BCUT2D eigenvalue weighted by atomic mass is 16.4. The minimum absolute atomic E-state index is 0.00718. The number of amides is 1. The molecule has 1 amide bonds. The van der Waals surface area contributed by atoms with Gasteiger partial charge < -0.3 is 15.2 Å². The van der Waals surface area contributed by atoms with Gasteiger partial charge >= 0.3 is 0 Å². The van der Waals surface area contributed by atoms with E-state index in [9.17, 15) is 14.7 Å². The fourth-order valence-corrected chi connectivity index (χ4v) is 1.64. The Hall–Kier alpha value is -1.91. The third-order valence-corrected chi connectivity index (χ3v) is 2.53. The van der Waals surface area contributed by atoms with Gasteiger partial charge in [0.2, 0.25) is 5.91 Å². The van der Waals surface area contributed by atoms with Gasteiger partial charge in [-0.15, -0.1) is 0 Å². The van der Waals surface area contributed by atoms with Gasteiger partial charge in [-0.05, 0) is 30.0 Å². The van der Waals surface area contributed by atoms with E-state index in [-0.39, 0.29) is 11.8 Å². The fraction of sp³-hybridized carbons (Fsp3) is 0.417. The number of carbonyl (C=O) groups is 2. The number of rotatable bonds is 5. The van der Waals surface area contributed by atoms with Crippen molar-refractivity contribution in [1.29, 1.82) is 0 Å². The Morgan fingerprint density at radius 1 is 1.41 bits per heavy atom. The summed E-state index contributed by atoms with van der Waals surface area (Å²) in [6.45, 7) is 3.18. The van der Waals surface area contributed by atoms with Gasteiger partial charge in [0.15, 0.2) is 0 Å². The molecule has 17 heavy (non-hydrogen) atoms. The topological polar surface area (TPSA) is 82.1 Å². The van der Waals surface area contributed by atoms with E-state index in [1.165, 1.54) is 6.92 Å². The first-order chi connectivity index (χ1) is 8.00. The maximum absolute atomic E-state index is 10.9. The molecule has 0 aliphatic heterocycles. The van der Waals surface area contributed by atoms with Gasteiger partial charge in [-0.2, -0.15) is 0 Å². The first-order valence-corrected chi connectivity index (χ1v) is 5.38. The van der Waals surface area contributed by atoms with Crippen LogP contribution in [0.25, 0.3) is 0 Å². The van der Waals surface area contributed by atoms with Gasteiger partial charge in [0.05, 0.1) is 12.0 Å². The molecule has 5 heteroatoms. The summed E-state index contributed by atoms with van der Waals surface area (Å²) in [5.41, 5.74) is 0.983. The molecule has 0 aliphatic carbocycles. The summed E-state index contributed by atoms with van der Waals surface area (Å²) in [5.74, 6) is -1.63. The number of hydrogen-bond donors (Lipinski definition) is 1. The summed E-state index contributed by atoms with van der Waals surface area (Å²) >= 11 is 0. The van der Waals surface area contributed by atoms with E-state index >= 15 is 0 Å². The van der Waals surface area contributed by atoms with E-state index in [4.69, 9.17) is 0 Å². The molecule has 2 unspecified atom stereocenters. The third-order valence-electron chi connectivity index (χ3n) is 2.53. The first-order valence-electron chi connectivity index (χ1n) is 5.38. The molecule has 92 valence electrons. The molecular formula is C12H15N2O3-. The summed E-state index contributed by atoms with van der Waals surface area (Å²) in [4.78, 5) is 25.6. The minimum Gasteiger partial charge on any atom is -0.548 e. The van der Waals surface area contributed by atoms with Gasteiger partial charge in [0.25, 0.3) is 0 Å². The van der Waals surface area contributed by atoms with Gasteiger partial charge in [0.1, 0.15) is 0 Å². The number of hydrogen-bond acceptors (Lipinski definition) is 4. The summed E-state index contributed by atoms with van der Waals surface area (Å²) in [6, 6.07) is 2.69. The lowest BCUT2D eigenvalue weighted by Gasteiger charge is -2.22. The highest BCUT2D eigenvalue weighted by Crippen LogP contribution is 2.19. The zero-order valence-electron chi connectivity index (χ0n) is 9.84. The summed E-state index contributed by atoms with van der Waals surface area (Å²) in [6.07, 6.45) is 3.60. The number of pyridine rings is 1. The van der Waals surface area contributed by atoms with Crippen molar-refractivity contribution in [3.05, 3.63) is 30.1 Å². The van der Waals surface area contributed by atoms with Crippen LogP contribution in [0.2, 0.25) is 0 Å². The second-order valence-corrected chi connectivity index (χ2v) is 3.99. The highest BCUT2D eigenvalue weighted by Gasteiger charge is 2.16. The van der Waals surface area contributed by atoms with Gasteiger partial charge in [-0.25, -0.2) is 0 Å². The monoisotopic (exact) mass is 235 g/mol. The highest BCUT2D eigenvalue weighted by molar-refractivity contribution is 5.81. The van der Waals surface area contributed by atoms with Gasteiger partial charge in [-0.1, -0.05) is 6.92 Å². The molecule has 1 N–H and O–H groups in total. The van der Waals surface area contributed by atoms with E-state index in [1.807, 2.05) is 19.1 Å². The average Bonchev–Trinajstić information content (AvgIpc) is 2.28. The predicted molar refractivity (Wildman–Crippen MR) is 59.9 cm³/mol. The van der Waals surface area contributed by atoms with Crippen LogP contribution in [-0.4, -0.2) is 22.9 Å². The van der Waals surface area contributed by atoms with Crippen molar-refractivity contribution in [2.24, 2.45) is 0 Å². The minimum atomic E-state index is -1.26. The molecule has 1 aromatic rings. The number of nitrogens with one attached hydrogen (secondary N) is 1. The number of carboxylic acids is 1. The van der Waals surface area contributed by atoms with Crippen molar-refractivity contribution >= 4 is 11.9 Å². The number of carboxylic acid groups (broad SMARTS) is 1. The number of aliphatic carboxylic acids is 1. The molecule has 0 fully saturated rings. The number of aromatic nitrogens is 1. The quantitative estimate of drug-likeness (QED) is 0.768. The molecule has 1 rings (SSSR count). The molecule has 0 spiro atoms. The molecule has 0 bridgehead atoms. The Balaban J connectivity index is 2.67. The first kappa shape index (κ1) is 13.2. The number of carbonyl (C=O) groups excluding carboxylic acids is 2. The van der Waals surface area contributed by atoms with Crippen molar-refractivity contribution in [1.82, 2.24) is 10.3 Å². The molecule has 0 aliphatic rings. The van der Waals surface area contributed by atoms with E-state index in [0.29, 0.717) is 6.42 Å². The Morgan fingerprint density at radius 2 is 2.00 bits per heavy atom. The van der Waals surface area contributed by atoms with Crippen LogP contribution in [0, 0.1) is 0 Å². The zero-order chi connectivity index (χ0) is 12.8. The maximum Gasteiger partial charge on any atom is 0.217 e. The molecule has 5 nitrogen and oxygen atoms in total. The Morgan fingerprint density at radius 3 is 2.47 bits per heavy atom. The van der Waals surface area contributed by atoms with Crippen LogP contribution >= 0.6 is 0 Å². The lowest BCUT2D eigenvalue weighted by Crippen LogP contribution is -2.47. The van der Waals surface area contributed by atoms with Crippen molar-refractivity contribution in [3.63, 3.8) is 0 Å². The van der Waals surface area contributed by atoms with Crippen LogP contribution in [-0.2, 0) is 9.59 Å². The maximum atomic E-state index is 10.9. The van der Waals surface area contributed by atoms with E-state index in [1.54, 1.807) is 12.4 Å². The lowest BCUT2D eigenvalue weighted by molar-refractivity contribution is -0.308. The second-order valence-electron chi connectivity index (χ2n) is 3.99. The number of nitrogens with zero attached hydrogens (tertiary/aromatic N) is 1. The summed E-state index contributed by atoms with van der Waals surface area (Å²) in [7, 11) is 0. The zero-order valence-corrected chi connectivity index (χ0v) is 9.84. The molecular weight excluding hydrogens is 220 g/mol. The van der Waals surface area contributed by atoms with Crippen molar-refractivity contribution in [2.75, 3.05) is 0 Å². The van der Waals surface area contributed by atoms with E-state index < -0.39 is 12.0 Å². The van der Waals surface area contributed by atoms with Crippen LogP contribution in [0.5, 0.6) is 0 Å². The molecule has 0 aromatic carbocycles. The smallest absolute Gasteiger partial charge is 0.217 e. The normalized spacial score (nSPS) is 13.8. The van der Waals surface area contributed by atoms with Crippen LogP contribution in [0.4, 0.5) is 0 Å². The van der Waals surface area contributed by atoms with E-state index in [2.05, 4.69) is 10.3 Å². The molecule has 2 atom stereocenters. The fourth-order valence-electron chi connectivity index (χ4n) is 1.64. The van der Waals surface area contributed by atoms with Crippen molar-refractivity contribution in [2.45, 2.75) is 32.2 Å². The Labute approximate surface area is 99.9 Å². The predicted octanol–water partition coefficient (Wildman–Crippen LogP) is -0.170. The average molecular weight is 235 g/mol. The molecule has 0 saturated carbocycles. The van der Waals surface area contributed by atoms with Crippen LogP contribution in [0.15, 0.2) is 24.5 Å². The SMILES string of the molecule is CC(=O)NC(CC(C)c1ccncc1)C(=O)[O-]. The summed E-state index contributed by atoms with van der Waals surface area (Å²) in [5, 5.41) is 13.2. The standard InChI is InChI=1S/C12H16N2O3/c1-8(10-3-5-13-6-4-10)7-11(12(16)17)14-9(2)15/h3-6,8,11H,7H2,1-2H3,(H,14,15)(H,16,17)/p-1. The third kappa shape index (κ3) is 4.22. The molecule has 0 radical (unpaired) electrons. The van der Waals surface area contributed by atoms with Gasteiger partial charge in [0, 0.05) is 19.3 Å². The van der Waals surface area contributed by atoms with Crippen molar-refractivity contribution < 1.29 is 14.7 Å². The van der Waals surface area contributed by atoms with Crippen LogP contribution < -0.4 is 10.4 Å². The molecule has 1 aromatic heterocycles. The Bertz CT molecular complexity index is 392. The van der Waals surface area contributed by atoms with Crippen molar-refractivity contribution in [3.8, 4) is 0 Å². The molecule has 1 heterocycles. The summed E-state index contributed by atoms with van der Waals surface area (Å²) < 4.78 is 0. The second kappa shape index (κ2) is 5.98. The largest absolute Gasteiger partial charge is 0.548 e. The lowest BCUT2D eigenvalue weighted by atomic mass is 9.94. The molecule has 0 saturated heterocycles. The van der Waals surface area contributed by atoms with Crippen LogP contribution in [0.1, 0.15) is 31.7 Å². The Kier molecular flexibility index (Phi) is 4.63. The van der Waals surface area contributed by atoms with Crippen LogP contribution in [0.3, 0.4) is 0 Å². The van der Waals surface area contributed by atoms with Gasteiger partial charge in [-0.3, -0.25) is 9.78 Å². The van der Waals surface area contributed by atoms with E-state index in [0.717, 1.165) is 5.56 Å².